The topological polar surface area (TPSA) is 38.3 Å². The van der Waals surface area contributed by atoms with Crippen LogP contribution in [0.3, 0.4) is 0 Å². The highest BCUT2D eigenvalue weighted by atomic mass is 16.6. The van der Waals surface area contributed by atoms with Gasteiger partial charge in [0.1, 0.15) is 5.60 Å². The van der Waals surface area contributed by atoms with Crippen molar-refractivity contribution in [3.63, 3.8) is 0 Å². The lowest BCUT2D eigenvalue weighted by molar-refractivity contribution is -0.159. The third kappa shape index (κ3) is 6.39. The van der Waals surface area contributed by atoms with Gasteiger partial charge < -0.3 is 10.1 Å². The number of nitrogens with one attached hydrogen (secondary N) is 1. The predicted octanol–water partition coefficient (Wildman–Crippen LogP) is 3.06. The molecule has 3 nitrogen and oxygen atoms in total. The maximum atomic E-state index is 11.8. The van der Waals surface area contributed by atoms with Crippen molar-refractivity contribution in [2.24, 2.45) is 5.92 Å². The fourth-order valence-electron chi connectivity index (χ4n) is 1.62. The fourth-order valence-corrected chi connectivity index (χ4v) is 1.62. The molecule has 0 aliphatic carbocycles. The first-order valence-electron chi connectivity index (χ1n) is 6.77. The molecular weight excluding hydrogens is 238 g/mol. The number of rotatable bonds is 5. The van der Waals surface area contributed by atoms with E-state index in [-0.39, 0.29) is 11.9 Å². The van der Waals surface area contributed by atoms with Crippen LogP contribution >= 0.6 is 0 Å². The summed E-state index contributed by atoms with van der Waals surface area (Å²) < 4.78 is 5.34. The highest BCUT2D eigenvalue weighted by Crippen LogP contribution is 2.11. The summed E-state index contributed by atoms with van der Waals surface area (Å²) in [5, 5.41) is 3.29. The molecule has 0 aliphatic rings. The van der Waals surface area contributed by atoms with Gasteiger partial charge in [-0.1, -0.05) is 36.8 Å². The van der Waals surface area contributed by atoms with Crippen molar-refractivity contribution in [3.8, 4) is 0 Å². The average Bonchev–Trinajstić information content (AvgIpc) is 2.29. The van der Waals surface area contributed by atoms with Crippen LogP contribution in [-0.4, -0.2) is 18.1 Å². The Morgan fingerprint density at radius 1 is 1.26 bits per heavy atom. The lowest BCUT2D eigenvalue weighted by Gasteiger charge is -2.22. The van der Waals surface area contributed by atoms with E-state index in [0.717, 1.165) is 6.54 Å². The van der Waals surface area contributed by atoms with E-state index in [1.54, 1.807) is 0 Å². The second kappa shape index (κ2) is 6.71. The van der Waals surface area contributed by atoms with Crippen LogP contribution in [0.25, 0.3) is 0 Å². The molecule has 1 aromatic carbocycles. The molecule has 0 aromatic heterocycles. The molecule has 0 amide bonds. The molecule has 0 radical (unpaired) electrons. The van der Waals surface area contributed by atoms with Crippen LogP contribution in [0.4, 0.5) is 0 Å². The Bertz CT molecular complexity index is 404. The summed E-state index contributed by atoms with van der Waals surface area (Å²) in [6.07, 6.45) is 0. The smallest absolute Gasteiger partial charge is 0.310 e. The molecule has 0 bridgehead atoms. The minimum absolute atomic E-state index is 0.135. The molecule has 0 fully saturated rings. The average molecular weight is 263 g/mol. The minimum Gasteiger partial charge on any atom is -0.460 e. The van der Waals surface area contributed by atoms with Gasteiger partial charge in [0, 0.05) is 13.1 Å². The summed E-state index contributed by atoms with van der Waals surface area (Å²) in [4.78, 5) is 11.8. The van der Waals surface area contributed by atoms with E-state index in [9.17, 15) is 4.79 Å². The largest absolute Gasteiger partial charge is 0.460 e. The fraction of sp³-hybridized carbons (Fsp3) is 0.562. The van der Waals surface area contributed by atoms with E-state index in [0.29, 0.717) is 6.54 Å². The zero-order valence-corrected chi connectivity index (χ0v) is 12.6. The van der Waals surface area contributed by atoms with Crippen molar-refractivity contribution >= 4 is 5.97 Å². The van der Waals surface area contributed by atoms with Gasteiger partial charge in [-0.15, -0.1) is 0 Å². The number of hydrogen-bond donors (Lipinski definition) is 1. The van der Waals surface area contributed by atoms with Crippen LogP contribution < -0.4 is 5.32 Å². The Morgan fingerprint density at radius 3 is 2.37 bits per heavy atom. The van der Waals surface area contributed by atoms with Crippen LogP contribution in [0.2, 0.25) is 0 Å². The van der Waals surface area contributed by atoms with E-state index in [4.69, 9.17) is 4.74 Å². The standard InChI is InChI=1S/C16H25NO2/c1-12-6-8-14(9-7-12)11-17-10-13(2)15(18)19-16(3,4)5/h6-9,13,17H,10-11H2,1-5H3. The highest BCUT2D eigenvalue weighted by molar-refractivity contribution is 5.72. The highest BCUT2D eigenvalue weighted by Gasteiger charge is 2.21. The lowest BCUT2D eigenvalue weighted by Crippen LogP contribution is -2.32. The second-order valence-corrected chi connectivity index (χ2v) is 6.05. The molecule has 1 N–H and O–H groups in total. The summed E-state index contributed by atoms with van der Waals surface area (Å²) in [5.41, 5.74) is 2.07. The number of aryl methyl sites for hydroxylation is 1. The van der Waals surface area contributed by atoms with Gasteiger partial charge in [0.05, 0.1) is 5.92 Å². The Labute approximate surface area is 116 Å². The monoisotopic (exact) mass is 263 g/mol. The third-order valence-corrected chi connectivity index (χ3v) is 2.71. The van der Waals surface area contributed by atoms with Crippen molar-refractivity contribution in [2.45, 2.75) is 46.8 Å². The molecular formula is C16H25NO2. The van der Waals surface area contributed by atoms with E-state index in [2.05, 4.69) is 36.5 Å². The van der Waals surface area contributed by atoms with Crippen LogP contribution in [-0.2, 0) is 16.1 Å². The SMILES string of the molecule is Cc1ccc(CNCC(C)C(=O)OC(C)(C)C)cc1. The molecule has 1 rings (SSSR count). The van der Waals surface area contributed by atoms with Crippen molar-refractivity contribution in [1.82, 2.24) is 5.32 Å². The number of esters is 1. The summed E-state index contributed by atoms with van der Waals surface area (Å²) in [7, 11) is 0. The zero-order valence-electron chi connectivity index (χ0n) is 12.6. The van der Waals surface area contributed by atoms with E-state index < -0.39 is 5.60 Å². The molecule has 0 aliphatic heterocycles. The van der Waals surface area contributed by atoms with Gasteiger partial charge >= 0.3 is 5.97 Å². The third-order valence-electron chi connectivity index (χ3n) is 2.71. The second-order valence-electron chi connectivity index (χ2n) is 6.05. The summed E-state index contributed by atoms with van der Waals surface area (Å²) in [6.45, 7) is 11.0. The maximum absolute atomic E-state index is 11.8. The minimum atomic E-state index is -0.414. The van der Waals surface area contributed by atoms with E-state index in [1.165, 1.54) is 11.1 Å². The maximum Gasteiger partial charge on any atom is 0.310 e. The summed E-state index contributed by atoms with van der Waals surface area (Å²) >= 11 is 0. The predicted molar refractivity (Wildman–Crippen MR) is 77.9 cm³/mol. The van der Waals surface area contributed by atoms with Gasteiger partial charge in [-0.3, -0.25) is 4.79 Å². The van der Waals surface area contributed by atoms with Gasteiger partial charge in [-0.05, 0) is 33.3 Å². The normalized spacial score (nSPS) is 13.1. The molecule has 1 unspecified atom stereocenters. The molecule has 1 atom stereocenters. The molecule has 106 valence electrons. The Morgan fingerprint density at radius 2 is 1.84 bits per heavy atom. The van der Waals surface area contributed by atoms with Crippen molar-refractivity contribution in [2.75, 3.05) is 6.54 Å². The van der Waals surface area contributed by atoms with Crippen molar-refractivity contribution in [3.05, 3.63) is 35.4 Å². The Balaban J connectivity index is 2.32. The molecule has 0 heterocycles. The number of hydrogen-bond acceptors (Lipinski definition) is 3. The Kier molecular flexibility index (Phi) is 5.55. The van der Waals surface area contributed by atoms with Crippen LogP contribution in [0.15, 0.2) is 24.3 Å². The molecule has 0 saturated carbocycles. The number of ether oxygens (including phenoxy) is 1. The molecule has 3 heteroatoms. The number of benzene rings is 1. The zero-order chi connectivity index (χ0) is 14.5. The van der Waals surface area contributed by atoms with E-state index in [1.807, 2.05) is 27.7 Å². The quantitative estimate of drug-likeness (QED) is 0.830. The Hall–Kier alpha value is -1.35. The number of carbonyl (C=O) groups is 1. The van der Waals surface area contributed by atoms with Crippen molar-refractivity contribution < 1.29 is 9.53 Å². The van der Waals surface area contributed by atoms with Gasteiger partial charge in [0.15, 0.2) is 0 Å². The van der Waals surface area contributed by atoms with Gasteiger partial charge in [-0.2, -0.15) is 0 Å². The molecule has 0 saturated heterocycles. The first-order valence-corrected chi connectivity index (χ1v) is 6.77. The van der Waals surface area contributed by atoms with Crippen LogP contribution in [0.1, 0.15) is 38.8 Å². The van der Waals surface area contributed by atoms with Crippen LogP contribution in [0.5, 0.6) is 0 Å². The molecule has 0 spiro atoms. The van der Waals surface area contributed by atoms with Gasteiger partial charge in [0.25, 0.3) is 0 Å². The number of carbonyl (C=O) groups excluding carboxylic acids is 1. The van der Waals surface area contributed by atoms with Gasteiger partial charge in [-0.25, -0.2) is 0 Å². The first-order chi connectivity index (χ1) is 8.78. The lowest BCUT2D eigenvalue weighted by atomic mass is 10.1. The summed E-state index contributed by atoms with van der Waals surface area (Å²) in [5.74, 6) is -0.284. The van der Waals surface area contributed by atoms with Crippen LogP contribution in [0, 0.1) is 12.8 Å². The first kappa shape index (κ1) is 15.7. The van der Waals surface area contributed by atoms with Gasteiger partial charge in [0.2, 0.25) is 0 Å². The van der Waals surface area contributed by atoms with Crippen molar-refractivity contribution in [1.29, 1.82) is 0 Å². The molecule has 1 aromatic rings. The molecule has 19 heavy (non-hydrogen) atoms. The summed E-state index contributed by atoms with van der Waals surface area (Å²) in [6, 6.07) is 8.38. The van der Waals surface area contributed by atoms with E-state index >= 15 is 0 Å².